The Labute approximate surface area is 130 Å². The zero-order chi connectivity index (χ0) is 15.1. The first-order valence-electron chi connectivity index (χ1n) is 7.69. The molecule has 0 unspecified atom stereocenters. The Balaban J connectivity index is 1.73. The predicted molar refractivity (Wildman–Crippen MR) is 83.4 cm³/mol. The molecule has 21 heavy (non-hydrogen) atoms. The number of halogens is 1. The molecule has 0 saturated heterocycles. The van der Waals surface area contributed by atoms with Crippen LogP contribution in [0.15, 0.2) is 24.3 Å². The number of amides is 1. The van der Waals surface area contributed by atoms with Crippen molar-refractivity contribution in [2.75, 3.05) is 13.6 Å². The lowest BCUT2D eigenvalue weighted by Gasteiger charge is -2.31. The van der Waals surface area contributed by atoms with Crippen LogP contribution < -0.4 is 0 Å². The first-order valence-corrected chi connectivity index (χ1v) is 8.07. The molecule has 0 aromatic heterocycles. The van der Waals surface area contributed by atoms with Gasteiger partial charge in [0.25, 0.3) is 0 Å². The number of rotatable bonds is 4. The van der Waals surface area contributed by atoms with E-state index in [1.807, 2.05) is 31.3 Å². The van der Waals surface area contributed by atoms with Crippen LogP contribution in [0.4, 0.5) is 0 Å². The Morgan fingerprint density at radius 2 is 1.76 bits per heavy atom. The van der Waals surface area contributed by atoms with Crippen LogP contribution >= 0.6 is 11.6 Å². The highest BCUT2D eigenvalue weighted by atomic mass is 35.5. The molecular formula is C17H22ClNO2. The van der Waals surface area contributed by atoms with E-state index < -0.39 is 5.60 Å². The normalized spacial score (nSPS) is 22.0. The minimum atomic E-state index is -0.680. The summed E-state index contributed by atoms with van der Waals surface area (Å²) < 4.78 is 0. The minimum absolute atomic E-state index is 0.130. The smallest absolute Gasteiger partial charge is 0.233 e. The molecule has 2 aliphatic carbocycles. The van der Waals surface area contributed by atoms with Gasteiger partial charge in [0.05, 0.1) is 11.0 Å². The van der Waals surface area contributed by atoms with Gasteiger partial charge in [-0.1, -0.05) is 36.6 Å². The molecule has 4 heteroatoms. The summed E-state index contributed by atoms with van der Waals surface area (Å²) in [4.78, 5) is 14.6. The first kappa shape index (κ1) is 14.9. The van der Waals surface area contributed by atoms with Gasteiger partial charge in [-0.3, -0.25) is 4.79 Å². The van der Waals surface area contributed by atoms with Crippen LogP contribution in [0.2, 0.25) is 5.02 Å². The fourth-order valence-corrected chi connectivity index (χ4v) is 3.72. The van der Waals surface area contributed by atoms with E-state index in [0.29, 0.717) is 11.6 Å². The highest BCUT2D eigenvalue weighted by molar-refractivity contribution is 6.30. The van der Waals surface area contributed by atoms with Crippen molar-refractivity contribution in [3.8, 4) is 0 Å². The van der Waals surface area contributed by atoms with Gasteiger partial charge in [0.1, 0.15) is 0 Å². The lowest BCUT2D eigenvalue weighted by atomic mass is 9.93. The van der Waals surface area contributed by atoms with Crippen molar-refractivity contribution in [2.24, 2.45) is 0 Å². The second-order valence-corrected chi connectivity index (χ2v) is 7.12. The van der Waals surface area contributed by atoms with E-state index in [9.17, 15) is 9.90 Å². The zero-order valence-electron chi connectivity index (χ0n) is 12.4. The van der Waals surface area contributed by atoms with Gasteiger partial charge in [0.2, 0.25) is 5.91 Å². The molecule has 2 aliphatic rings. The molecular weight excluding hydrogens is 286 g/mol. The van der Waals surface area contributed by atoms with Crippen LogP contribution in [-0.4, -0.2) is 35.1 Å². The van der Waals surface area contributed by atoms with Gasteiger partial charge >= 0.3 is 0 Å². The molecule has 0 heterocycles. The number of carbonyl (C=O) groups is 1. The van der Waals surface area contributed by atoms with Crippen LogP contribution in [0.25, 0.3) is 0 Å². The van der Waals surface area contributed by atoms with Gasteiger partial charge in [0, 0.05) is 18.6 Å². The summed E-state index contributed by atoms with van der Waals surface area (Å²) in [7, 11) is 1.81. The molecule has 1 aromatic carbocycles. The van der Waals surface area contributed by atoms with Gasteiger partial charge in [-0.15, -0.1) is 0 Å². The molecule has 1 amide bonds. The number of likely N-dealkylation sites (N-methyl/N-ethyl adjacent to an activating group) is 1. The Bertz CT molecular complexity index is 530. The third-order valence-corrected chi connectivity index (χ3v) is 5.22. The monoisotopic (exact) mass is 307 g/mol. The largest absolute Gasteiger partial charge is 0.388 e. The van der Waals surface area contributed by atoms with Crippen LogP contribution in [0, 0.1) is 0 Å². The number of nitrogens with zero attached hydrogens (tertiary/aromatic N) is 1. The SMILES string of the molecule is CN(CC1(O)CCCC1)C(=O)C1(c2ccc(Cl)cc2)CC1. The number of aliphatic hydroxyl groups is 1. The molecule has 2 saturated carbocycles. The Kier molecular flexibility index (Phi) is 3.74. The summed E-state index contributed by atoms with van der Waals surface area (Å²) in [6.45, 7) is 0.446. The zero-order valence-corrected chi connectivity index (χ0v) is 13.2. The average Bonchev–Trinajstić information content (AvgIpc) is 3.16. The van der Waals surface area contributed by atoms with Crippen molar-refractivity contribution in [3.63, 3.8) is 0 Å². The maximum atomic E-state index is 12.8. The molecule has 114 valence electrons. The average molecular weight is 308 g/mol. The predicted octanol–water partition coefficient (Wildman–Crippen LogP) is 3.14. The van der Waals surface area contributed by atoms with Crippen molar-refractivity contribution >= 4 is 17.5 Å². The number of hydrogen-bond acceptors (Lipinski definition) is 2. The molecule has 2 fully saturated rings. The van der Waals surface area contributed by atoms with E-state index in [2.05, 4.69) is 0 Å². The lowest BCUT2D eigenvalue weighted by molar-refractivity contribution is -0.135. The minimum Gasteiger partial charge on any atom is -0.388 e. The lowest BCUT2D eigenvalue weighted by Crippen LogP contribution is -2.45. The summed E-state index contributed by atoms with van der Waals surface area (Å²) in [5, 5.41) is 11.2. The maximum Gasteiger partial charge on any atom is 0.233 e. The quantitative estimate of drug-likeness (QED) is 0.928. The Morgan fingerprint density at radius 3 is 2.29 bits per heavy atom. The molecule has 0 atom stereocenters. The van der Waals surface area contributed by atoms with Crippen molar-refractivity contribution in [1.29, 1.82) is 0 Å². The summed E-state index contributed by atoms with van der Waals surface area (Å²) in [5.41, 5.74) is -0.0171. The first-order chi connectivity index (χ1) is 9.95. The fourth-order valence-electron chi connectivity index (χ4n) is 3.59. The van der Waals surface area contributed by atoms with E-state index in [1.165, 1.54) is 0 Å². The molecule has 3 nitrogen and oxygen atoms in total. The van der Waals surface area contributed by atoms with E-state index in [0.717, 1.165) is 44.1 Å². The Morgan fingerprint density at radius 1 is 1.19 bits per heavy atom. The van der Waals surface area contributed by atoms with Crippen LogP contribution in [0.3, 0.4) is 0 Å². The van der Waals surface area contributed by atoms with Crippen LogP contribution in [0.5, 0.6) is 0 Å². The van der Waals surface area contributed by atoms with Gasteiger partial charge in [-0.2, -0.15) is 0 Å². The van der Waals surface area contributed by atoms with Gasteiger partial charge < -0.3 is 10.0 Å². The molecule has 0 radical (unpaired) electrons. The van der Waals surface area contributed by atoms with E-state index in [4.69, 9.17) is 11.6 Å². The van der Waals surface area contributed by atoms with Gasteiger partial charge in [-0.25, -0.2) is 0 Å². The topological polar surface area (TPSA) is 40.5 Å². The molecule has 1 aromatic rings. The molecule has 0 spiro atoms. The van der Waals surface area contributed by atoms with Gasteiger partial charge in [0.15, 0.2) is 0 Å². The summed E-state index contributed by atoms with van der Waals surface area (Å²) in [6.07, 6.45) is 5.49. The Hall–Kier alpha value is -1.06. The van der Waals surface area contributed by atoms with Gasteiger partial charge in [-0.05, 0) is 43.4 Å². The van der Waals surface area contributed by atoms with Crippen molar-refractivity contribution in [3.05, 3.63) is 34.9 Å². The fraction of sp³-hybridized carbons (Fsp3) is 0.588. The van der Waals surface area contributed by atoms with Crippen LogP contribution in [-0.2, 0) is 10.2 Å². The molecule has 0 bridgehead atoms. The summed E-state index contributed by atoms with van der Waals surface area (Å²) >= 11 is 5.93. The van der Waals surface area contributed by atoms with Crippen molar-refractivity contribution < 1.29 is 9.90 Å². The third-order valence-electron chi connectivity index (χ3n) is 4.97. The van der Waals surface area contributed by atoms with E-state index >= 15 is 0 Å². The van der Waals surface area contributed by atoms with Crippen LogP contribution in [0.1, 0.15) is 44.1 Å². The standard InChI is InChI=1S/C17H22ClNO2/c1-19(12-16(21)8-2-3-9-16)15(20)17(10-11-17)13-4-6-14(18)7-5-13/h4-7,21H,2-3,8-12H2,1H3. The second kappa shape index (κ2) is 5.29. The molecule has 3 rings (SSSR count). The van der Waals surface area contributed by atoms with E-state index in [1.54, 1.807) is 4.90 Å². The van der Waals surface area contributed by atoms with Crippen molar-refractivity contribution in [1.82, 2.24) is 4.90 Å². The maximum absolute atomic E-state index is 12.8. The molecule has 1 N–H and O–H groups in total. The highest BCUT2D eigenvalue weighted by Crippen LogP contribution is 2.50. The number of benzene rings is 1. The number of hydrogen-bond donors (Lipinski definition) is 1. The number of carbonyl (C=O) groups excluding carboxylic acids is 1. The summed E-state index contributed by atoms with van der Waals surface area (Å²) in [5.74, 6) is 0.130. The summed E-state index contributed by atoms with van der Waals surface area (Å²) in [6, 6.07) is 7.58. The van der Waals surface area contributed by atoms with Crippen molar-refractivity contribution in [2.45, 2.75) is 49.5 Å². The van der Waals surface area contributed by atoms with E-state index in [-0.39, 0.29) is 11.3 Å². The highest BCUT2D eigenvalue weighted by Gasteiger charge is 2.53. The third kappa shape index (κ3) is 2.82. The second-order valence-electron chi connectivity index (χ2n) is 6.68. The molecule has 0 aliphatic heterocycles.